The fraction of sp³-hybridized carbons (Fsp3) is 0.350. The van der Waals surface area contributed by atoms with E-state index in [0.717, 1.165) is 0 Å². The van der Waals surface area contributed by atoms with Gasteiger partial charge in [0.05, 0.1) is 24.0 Å². The molecule has 0 saturated carbocycles. The fourth-order valence-electron chi connectivity index (χ4n) is 3.51. The van der Waals surface area contributed by atoms with E-state index in [-0.39, 0.29) is 28.6 Å². The maximum absolute atomic E-state index is 13.2. The number of primary sulfonamides is 1. The highest BCUT2D eigenvalue weighted by Gasteiger charge is 2.39. The average Bonchev–Trinajstić information content (AvgIpc) is 3.27. The molecule has 1 heterocycles. The standard InChI is InChI=1S/C20H25N3O7S2/c1-29-18-10-9-16(12-19(18)30-2)32(27,28)23-11-3-4-17(23)20(24)22-13-14-5-7-15(8-6-14)31(21,25)26/h5-10,12,17H,3-4,11,13H2,1-2H3,(H,22,24)(H2,21,25,26). The summed E-state index contributed by atoms with van der Waals surface area (Å²) in [5.41, 5.74) is 0.651. The minimum Gasteiger partial charge on any atom is -0.493 e. The maximum atomic E-state index is 13.2. The summed E-state index contributed by atoms with van der Waals surface area (Å²) in [6, 6.07) is 9.20. The third-order valence-corrected chi connectivity index (χ3v) is 8.02. The Morgan fingerprint density at radius 2 is 1.66 bits per heavy atom. The van der Waals surface area contributed by atoms with E-state index in [4.69, 9.17) is 14.6 Å². The molecule has 1 aliphatic rings. The van der Waals surface area contributed by atoms with Gasteiger partial charge in [-0.3, -0.25) is 4.79 Å². The lowest BCUT2D eigenvalue weighted by molar-refractivity contribution is -0.124. The Morgan fingerprint density at radius 1 is 1.03 bits per heavy atom. The summed E-state index contributed by atoms with van der Waals surface area (Å²) in [6.45, 7) is 0.336. The molecular formula is C20H25N3O7S2. The van der Waals surface area contributed by atoms with Crippen molar-refractivity contribution in [1.82, 2.24) is 9.62 Å². The highest BCUT2D eigenvalue weighted by atomic mass is 32.2. The summed E-state index contributed by atoms with van der Waals surface area (Å²) in [6.07, 6.45) is 0.941. The molecule has 1 fully saturated rings. The molecule has 1 amide bonds. The first-order chi connectivity index (χ1) is 15.1. The van der Waals surface area contributed by atoms with Gasteiger partial charge in [0.2, 0.25) is 26.0 Å². The van der Waals surface area contributed by atoms with Crippen LogP contribution in [0.2, 0.25) is 0 Å². The second-order valence-electron chi connectivity index (χ2n) is 7.20. The molecule has 0 bridgehead atoms. The summed E-state index contributed by atoms with van der Waals surface area (Å²) in [5, 5.41) is 7.80. The number of hydrogen-bond acceptors (Lipinski definition) is 7. The second kappa shape index (κ2) is 9.45. The number of ether oxygens (including phenoxy) is 2. The van der Waals surface area contributed by atoms with Gasteiger partial charge in [0.15, 0.2) is 11.5 Å². The Morgan fingerprint density at radius 3 is 2.25 bits per heavy atom. The average molecular weight is 484 g/mol. The van der Waals surface area contributed by atoms with Crippen LogP contribution in [0.3, 0.4) is 0 Å². The van der Waals surface area contributed by atoms with Crippen LogP contribution in [0.15, 0.2) is 52.3 Å². The minimum atomic E-state index is -3.94. The largest absolute Gasteiger partial charge is 0.493 e. The van der Waals surface area contributed by atoms with Crippen LogP contribution >= 0.6 is 0 Å². The quantitative estimate of drug-likeness (QED) is 0.565. The van der Waals surface area contributed by atoms with Gasteiger partial charge in [-0.05, 0) is 42.7 Å². The Balaban J connectivity index is 1.73. The molecule has 2 aromatic rings. The monoisotopic (exact) mass is 483 g/mol. The van der Waals surface area contributed by atoms with Crippen LogP contribution in [0.4, 0.5) is 0 Å². The number of nitrogens with two attached hydrogens (primary N) is 1. The van der Waals surface area contributed by atoms with Crippen molar-refractivity contribution in [3.05, 3.63) is 48.0 Å². The van der Waals surface area contributed by atoms with E-state index < -0.39 is 32.0 Å². The highest BCUT2D eigenvalue weighted by molar-refractivity contribution is 7.89. The number of sulfonamides is 2. The molecule has 12 heteroatoms. The van der Waals surface area contributed by atoms with Gasteiger partial charge in [0, 0.05) is 19.2 Å². The van der Waals surface area contributed by atoms with Crippen LogP contribution in [0.1, 0.15) is 18.4 Å². The first-order valence-electron chi connectivity index (χ1n) is 9.71. The number of benzene rings is 2. The van der Waals surface area contributed by atoms with Crippen LogP contribution in [0.25, 0.3) is 0 Å². The topological polar surface area (TPSA) is 145 Å². The number of nitrogens with one attached hydrogen (secondary N) is 1. The zero-order chi connectivity index (χ0) is 23.5. The lowest BCUT2D eigenvalue weighted by atomic mass is 10.2. The third-order valence-electron chi connectivity index (χ3n) is 5.19. The van der Waals surface area contributed by atoms with Crippen LogP contribution in [0, 0.1) is 0 Å². The van der Waals surface area contributed by atoms with Crippen LogP contribution in [-0.2, 0) is 31.4 Å². The predicted octanol–water partition coefficient (Wildman–Crippen LogP) is 0.821. The second-order valence-corrected chi connectivity index (χ2v) is 10.6. The van der Waals surface area contributed by atoms with E-state index in [0.29, 0.717) is 24.2 Å². The summed E-state index contributed by atoms with van der Waals surface area (Å²) in [4.78, 5) is 12.8. The first kappa shape index (κ1) is 24.0. The Kier molecular flexibility index (Phi) is 7.08. The SMILES string of the molecule is COc1ccc(S(=O)(=O)N2CCCC2C(=O)NCc2ccc(S(N)(=O)=O)cc2)cc1OC. The number of methoxy groups -OCH3 is 2. The highest BCUT2D eigenvalue weighted by Crippen LogP contribution is 2.33. The predicted molar refractivity (Wildman–Crippen MR) is 116 cm³/mol. The molecule has 1 unspecified atom stereocenters. The van der Waals surface area contributed by atoms with Crippen molar-refractivity contribution < 1.29 is 31.1 Å². The fourth-order valence-corrected chi connectivity index (χ4v) is 5.69. The van der Waals surface area contributed by atoms with Gasteiger partial charge in [-0.15, -0.1) is 0 Å². The third kappa shape index (κ3) is 5.04. The molecule has 0 spiro atoms. The van der Waals surface area contributed by atoms with Crippen molar-refractivity contribution in [2.75, 3.05) is 20.8 Å². The number of hydrogen-bond donors (Lipinski definition) is 2. The summed E-state index contributed by atoms with van der Waals surface area (Å²) >= 11 is 0. The van der Waals surface area contributed by atoms with Crippen molar-refractivity contribution in [2.45, 2.75) is 35.2 Å². The summed E-state index contributed by atoms with van der Waals surface area (Å²) in [7, 11) is -4.87. The zero-order valence-electron chi connectivity index (χ0n) is 17.6. The maximum Gasteiger partial charge on any atom is 0.243 e. The van der Waals surface area contributed by atoms with E-state index in [1.165, 1.54) is 61.0 Å². The number of nitrogens with zero attached hydrogens (tertiary/aromatic N) is 1. The van der Waals surface area contributed by atoms with E-state index in [9.17, 15) is 21.6 Å². The van der Waals surface area contributed by atoms with Crippen molar-refractivity contribution in [1.29, 1.82) is 0 Å². The number of rotatable bonds is 8. The molecular weight excluding hydrogens is 458 g/mol. The van der Waals surface area contributed by atoms with E-state index in [1.54, 1.807) is 0 Å². The molecule has 10 nitrogen and oxygen atoms in total. The van der Waals surface area contributed by atoms with Gasteiger partial charge in [-0.1, -0.05) is 12.1 Å². The molecule has 0 radical (unpaired) electrons. The smallest absolute Gasteiger partial charge is 0.243 e. The molecule has 3 N–H and O–H groups in total. The minimum absolute atomic E-state index is 0.00781. The first-order valence-corrected chi connectivity index (χ1v) is 12.7. The summed E-state index contributed by atoms with van der Waals surface area (Å²) in [5.74, 6) is 0.245. The van der Waals surface area contributed by atoms with Gasteiger partial charge in [-0.2, -0.15) is 4.31 Å². The van der Waals surface area contributed by atoms with Crippen LogP contribution < -0.4 is 19.9 Å². The van der Waals surface area contributed by atoms with E-state index in [2.05, 4.69) is 5.32 Å². The molecule has 2 aromatic carbocycles. The summed E-state index contributed by atoms with van der Waals surface area (Å²) < 4.78 is 60.6. The Labute approximate surface area is 187 Å². The van der Waals surface area contributed by atoms with Gasteiger partial charge in [0.1, 0.15) is 6.04 Å². The van der Waals surface area contributed by atoms with Crippen molar-refractivity contribution in [3.8, 4) is 11.5 Å². The number of carbonyl (C=O) groups excluding carboxylic acids is 1. The molecule has 174 valence electrons. The van der Waals surface area contributed by atoms with E-state index >= 15 is 0 Å². The van der Waals surface area contributed by atoms with Crippen LogP contribution in [0.5, 0.6) is 11.5 Å². The normalized spacial score (nSPS) is 17.2. The van der Waals surface area contributed by atoms with E-state index in [1.807, 2.05) is 0 Å². The Hall–Kier alpha value is -2.67. The van der Waals surface area contributed by atoms with Gasteiger partial charge in [-0.25, -0.2) is 22.0 Å². The molecule has 1 aliphatic heterocycles. The number of carbonyl (C=O) groups is 1. The van der Waals surface area contributed by atoms with Gasteiger partial charge >= 0.3 is 0 Å². The van der Waals surface area contributed by atoms with Crippen molar-refractivity contribution >= 4 is 26.0 Å². The van der Waals surface area contributed by atoms with Gasteiger partial charge in [0.25, 0.3) is 0 Å². The number of amides is 1. The zero-order valence-corrected chi connectivity index (χ0v) is 19.3. The molecule has 1 saturated heterocycles. The molecule has 1 atom stereocenters. The lowest BCUT2D eigenvalue weighted by Gasteiger charge is -2.24. The molecule has 0 aromatic heterocycles. The van der Waals surface area contributed by atoms with Crippen LogP contribution in [-0.4, -0.2) is 53.9 Å². The van der Waals surface area contributed by atoms with Crippen molar-refractivity contribution in [3.63, 3.8) is 0 Å². The Bertz CT molecular complexity index is 1200. The molecule has 3 rings (SSSR count). The molecule has 32 heavy (non-hydrogen) atoms. The molecule has 0 aliphatic carbocycles. The van der Waals surface area contributed by atoms with Gasteiger partial charge < -0.3 is 14.8 Å². The van der Waals surface area contributed by atoms with Crippen molar-refractivity contribution in [2.24, 2.45) is 5.14 Å². The lowest BCUT2D eigenvalue weighted by Crippen LogP contribution is -2.45.